The molecule has 2 aromatic rings. The van der Waals surface area contributed by atoms with Crippen molar-refractivity contribution in [3.8, 4) is 0 Å². The van der Waals surface area contributed by atoms with Crippen molar-refractivity contribution >= 4 is 31.9 Å². The molecular formula is C14H18Br2N4. The van der Waals surface area contributed by atoms with Crippen molar-refractivity contribution in [1.82, 2.24) is 15.2 Å². The first-order valence-corrected chi connectivity index (χ1v) is 8.10. The van der Waals surface area contributed by atoms with Crippen molar-refractivity contribution in [2.24, 2.45) is 5.84 Å². The molecule has 4 nitrogen and oxygen atoms in total. The van der Waals surface area contributed by atoms with E-state index in [9.17, 15) is 0 Å². The molecule has 1 aromatic heterocycles. The van der Waals surface area contributed by atoms with Crippen LogP contribution in [0.4, 0.5) is 0 Å². The molecule has 0 aliphatic heterocycles. The van der Waals surface area contributed by atoms with Gasteiger partial charge >= 0.3 is 0 Å². The molecule has 3 N–H and O–H groups in total. The number of halogens is 2. The van der Waals surface area contributed by atoms with Crippen LogP contribution in [0.3, 0.4) is 0 Å². The second kappa shape index (κ2) is 6.85. The molecular weight excluding hydrogens is 384 g/mol. The highest BCUT2D eigenvalue weighted by Gasteiger charge is 2.22. The Labute approximate surface area is 136 Å². The molecule has 0 aliphatic carbocycles. The van der Waals surface area contributed by atoms with Gasteiger partial charge in [0.15, 0.2) is 0 Å². The number of benzene rings is 1. The van der Waals surface area contributed by atoms with Gasteiger partial charge in [-0.1, -0.05) is 28.9 Å². The zero-order chi connectivity index (χ0) is 14.7. The number of nitrogens with one attached hydrogen (secondary N) is 1. The molecule has 6 heteroatoms. The third-order valence-corrected chi connectivity index (χ3v) is 4.37. The molecule has 0 spiro atoms. The van der Waals surface area contributed by atoms with Crippen LogP contribution >= 0.6 is 31.9 Å². The van der Waals surface area contributed by atoms with Gasteiger partial charge in [0, 0.05) is 11.0 Å². The summed E-state index contributed by atoms with van der Waals surface area (Å²) in [6, 6.07) is 6.11. The monoisotopic (exact) mass is 400 g/mol. The van der Waals surface area contributed by atoms with Crippen molar-refractivity contribution in [2.45, 2.75) is 32.9 Å². The molecule has 0 bridgehead atoms. The highest BCUT2D eigenvalue weighted by atomic mass is 79.9. The van der Waals surface area contributed by atoms with E-state index in [1.165, 1.54) is 5.56 Å². The van der Waals surface area contributed by atoms with E-state index in [1.54, 1.807) is 0 Å². The van der Waals surface area contributed by atoms with Crippen LogP contribution in [0.25, 0.3) is 0 Å². The van der Waals surface area contributed by atoms with Crippen LogP contribution < -0.4 is 11.3 Å². The quantitative estimate of drug-likeness (QED) is 0.593. The third kappa shape index (κ3) is 3.14. The lowest BCUT2D eigenvalue weighted by molar-refractivity contribution is 0.518. The van der Waals surface area contributed by atoms with E-state index in [-0.39, 0.29) is 6.04 Å². The first-order chi connectivity index (χ1) is 9.58. The van der Waals surface area contributed by atoms with Crippen LogP contribution in [0.2, 0.25) is 0 Å². The summed E-state index contributed by atoms with van der Waals surface area (Å²) in [6.45, 7) is 5.08. The van der Waals surface area contributed by atoms with Crippen LogP contribution in [-0.2, 0) is 6.54 Å². The van der Waals surface area contributed by atoms with Gasteiger partial charge in [0.25, 0.3) is 0 Å². The van der Waals surface area contributed by atoms with E-state index in [0.717, 1.165) is 33.2 Å². The number of nitrogens with two attached hydrogens (primary N) is 1. The molecule has 1 atom stereocenters. The molecule has 0 saturated carbocycles. The zero-order valence-corrected chi connectivity index (χ0v) is 14.7. The largest absolute Gasteiger partial charge is 0.271 e. The molecule has 0 saturated heterocycles. The fourth-order valence-corrected chi connectivity index (χ4v) is 3.19. The maximum absolute atomic E-state index is 5.82. The summed E-state index contributed by atoms with van der Waals surface area (Å²) >= 11 is 7.10. The van der Waals surface area contributed by atoms with E-state index >= 15 is 0 Å². The Morgan fingerprint density at radius 1 is 1.40 bits per heavy atom. The molecule has 20 heavy (non-hydrogen) atoms. The van der Waals surface area contributed by atoms with Gasteiger partial charge in [0.2, 0.25) is 0 Å². The molecule has 0 amide bonds. The van der Waals surface area contributed by atoms with Gasteiger partial charge < -0.3 is 0 Å². The maximum atomic E-state index is 5.82. The minimum absolute atomic E-state index is 0.101. The minimum Gasteiger partial charge on any atom is -0.271 e. The average Bonchev–Trinajstić information content (AvgIpc) is 2.77. The molecule has 1 heterocycles. The zero-order valence-electron chi connectivity index (χ0n) is 11.5. The van der Waals surface area contributed by atoms with Gasteiger partial charge in [-0.2, -0.15) is 5.10 Å². The fourth-order valence-electron chi connectivity index (χ4n) is 2.29. The number of nitrogens with zero attached hydrogens (tertiary/aromatic N) is 2. The van der Waals surface area contributed by atoms with Crippen LogP contribution in [0.1, 0.15) is 36.2 Å². The molecule has 2 rings (SSSR count). The van der Waals surface area contributed by atoms with Crippen LogP contribution in [0.15, 0.2) is 33.3 Å². The van der Waals surface area contributed by atoms with E-state index in [4.69, 9.17) is 5.84 Å². The van der Waals surface area contributed by atoms with Gasteiger partial charge in [0.05, 0.1) is 22.4 Å². The van der Waals surface area contributed by atoms with E-state index < -0.39 is 0 Å². The van der Waals surface area contributed by atoms with Crippen LogP contribution in [0.5, 0.6) is 0 Å². The Hall–Kier alpha value is -0.690. The number of rotatable bonds is 5. The highest BCUT2D eigenvalue weighted by molar-refractivity contribution is 9.10. The van der Waals surface area contributed by atoms with Gasteiger partial charge in [0.1, 0.15) is 0 Å². The molecule has 0 aliphatic rings. The first kappa shape index (κ1) is 15.7. The van der Waals surface area contributed by atoms with Crippen LogP contribution in [-0.4, -0.2) is 9.78 Å². The van der Waals surface area contributed by atoms with E-state index in [1.807, 2.05) is 16.9 Å². The second-order valence-electron chi connectivity index (χ2n) is 4.70. The van der Waals surface area contributed by atoms with Crippen LogP contribution in [0, 0.1) is 6.92 Å². The summed E-state index contributed by atoms with van der Waals surface area (Å²) in [5, 5.41) is 4.41. The molecule has 0 radical (unpaired) electrons. The maximum Gasteiger partial charge on any atom is 0.0892 e. The van der Waals surface area contributed by atoms with Crippen molar-refractivity contribution < 1.29 is 0 Å². The van der Waals surface area contributed by atoms with Crippen molar-refractivity contribution in [2.75, 3.05) is 0 Å². The van der Waals surface area contributed by atoms with Gasteiger partial charge in [-0.3, -0.25) is 10.5 Å². The topological polar surface area (TPSA) is 55.9 Å². The van der Waals surface area contributed by atoms with E-state index in [2.05, 4.69) is 68.4 Å². The number of hydrogen-bond donors (Lipinski definition) is 2. The SMILES string of the molecule is CCCn1ncc(Br)c1C(NN)c1cc(Br)ccc1C. The minimum atomic E-state index is -0.101. The summed E-state index contributed by atoms with van der Waals surface area (Å²) in [5.74, 6) is 5.82. The number of hydrogen-bond acceptors (Lipinski definition) is 3. The van der Waals surface area contributed by atoms with Gasteiger partial charge in [-0.05, 0) is 52.5 Å². The Morgan fingerprint density at radius 2 is 2.15 bits per heavy atom. The van der Waals surface area contributed by atoms with E-state index in [0.29, 0.717) is 0 Å². The lowest BCUT2D eigenvalue weighted by Crippen LogP contribution is -2.31. The summed E-state index contributed by atoms with van der Waals surface area (Å²) in [7, 11) is 0. The summed E-state index contributed by atoms with van der Waals surface area (Å²) < 4.78 is 4.00. The smallest absolute Gasteiger partial charge is 0.0892 e. The van der Waals surface area contributed by atoms with Crippen molar-refractivity contribution in [1.29, 1.82) is 0 Å². The predicted octanol–water partition coefficient (Wildman–Crippen LogP) is 3.68. The van der Waals surface area contributed by atoms with Crippen molar-refractivity contribution in [3.63, 3.8) is 0 Å². The average molecular weight is 402 g/mol. The number of aromatic nitrogens is 2. The van der Waals surface area contributed by atoms with Crippen molar-refractivity contribution in [3.05, 3.63) is 50.2 Å². The molecule has 1 aromatic carbocycles. The predicted molar refractivity (Wildman–Crippen MR) is 88.3 cm³/mol. The standard InChI is InChI=1S/C14H18Br2N4/c1-3-6-20-14(12(16)8-18-20)13(19-17)11-7-10(15)5-4-9(11)2/h4-5,7-8,13,19H,3,6,17H2,1-2H3. The molecule has 1 unspecified atom stereocenters. The van der Waals surface area contributed by atoms with Gasteiger partial charge in [-0.25, -0.2) is 5.43 Å². The highest BCUT2D eigenvalue weighted by Crippen LogP contribution is 2.31. The number of aryl methyl sites for hydroxylation is 2. The summed E-state index contributed by atoms with van der Waals surface area (Å²) in [6.07, 6.45) is 2.85. The first-order valence-electron chi connectivity index (χ1n) is 6.51. The fraction of sp³-hybridized carbons (Fsp3) is 0.357. The lowest BCUT2D eigenvalue weighted by Gasteiger charge is -2.21. The molecule has 0 fully saturated rings. The number of hydrazine groups is 1. The molecule has 108 valence electrons. The third-order valence-electron chi connectivity index (χ3n) is 3.26. The van der Waals surface area contributed by atoms with Gasteiger partial charge in [-0.15, -0.1) is 0 Å². The summed E-state index contributed by atoms with van der Waals surface area (Å²) in [4.78, 5) is 0. The normalized spacial score (nSPS) is 12.7. The lowest BCUT2D eigenvalue weighted by atomic mass is 9.99. The Morgan fingerprint density at radius 3 is 2.80 bits per heavy atom. The Balaban J connectivity index is 2.52. The second-order valence-corrected chi connectivity index (χ2v) is 6.47. The summed E-state index contributed by atoms with van der Waals surface area (Å²) in [5.41, 5.74) is 6.29. The Kier molecular flexibility index (Phi) is 5.37. The Bertz CT molecular complexity index is 595.